The molecule has 0 bridgehead atoms. The molecule has 0 saturated heterocycles. The van der Waals surface area contributed by atoms with Gasteiger partial charge in [-0.3, -0.25) is 4.79 Å². The zero-order valence-corrected chi connectivity index (χ0v) is 12.4. The number of carbonyl (C=O) groups is 1. The first-order valence-electron chi connectivity index (χ1n) is 7.42. The van der Waals surface area contributed by atoms with Crippen LogP contribution in [0.5, 0.6) is 0 Å². The Morgan fingerprint density at radius 2 is 2.30 bits per heavy atom. The van der Waals surface area contributed by atoms with E-state index >= 15 is 0 Å². The Balaban J connectivity index is 2.28. The fourth-order valence-electron chi connectivity index (χ4n) is 2.74. The van der Waals surface area contributed by atoms with Crippen LogP contribution < -0.4 is 10.2 Å². The Hall–Kier alpha value is -1.39. The van der Waals surface area contributed by atoms with E-state index in [2.05, 4.69) is 30.4 Å². The first kappa shape index (κ1) is 15.0. The van der Waals surface area contributed by atoms with Gasteiger partial charge in [-0.05, 0) is 43.0 Å². The number of benzene rings is 1. The maximum atomic E-state index is 11.7. The highest BCUT2D eigenvalue weighted by Crippen LogP contribution is 2.30. The summed E-state index contributed by atoms with van der Waals surface area (Å²) in [6.45, 7) is 5.45. The SMILES string of the molecule is CCCNC(CO)c1ccc2c(c1)N(C(C)=O)CCC2. The number of carbonyl (C=O) groups excluding carboxylic acids is 1. The fourth-order valence-corrected chi connectivity index (χ4v) is 2.74. The van der Waals surface area contributed by atoms with Gasteiger partial charge in [0.15, 0.2) is 0 Å². The van der Waals surface area contributed by atoms with Gasteiger partial charge >= 0.3 is 0 Å². The van der Waals surface area contributed by atoms with E-state index in [9.17, 15) is 9.90 Å². The van der Waals surface area contributed by atoms with Crippen LogP contribution in [0.1, 0.15) is 43.9 Å². The molecular weight excluding hydrogens is 252 g/mol. The van der Waals surface area contributed by atoms with Crippen molar-refractivity contribution in [2.75, 3.05) is 24.6 Å². The molecule has 1 amide bonds. The van der Waals surface area contributed by atoms with Crippen molar-refractivity contribution in [1.29, 1.82) is 0 Å². The molecule has 110 valence electrons. The first-order chi connectivity index (χ1) is 9.67. The summed E-state index contributed by atoms with van der Waals surface area (Å²) < 4.78 is 0. The Kier molecular flexibility index (Phi) is 5.15. The Labute approximate surface area is 120 Å². The second-order valence-electron chi connectivity index (χ2n) is 5.35. The molecule has 1 aliphatic rings. The summed E-state index contributed by atoms with van der Waals surface area (Å²) in [7, 11) is 0. The van der Waals surface area contributed by atoms with Crippen LogP contribution in [-0.2, 0) is 11.2 Å². The van der Waals surface area contributed by atoms with Gasteiger partial charge in [0.2, 0.25) is 5.91 Å². The van der Waals surface area contributed by atoms with E-state index in [0.717, 1.165) is 43.6 Å². The number of hydrogen-bond acceptors (Lipinski definition) is 3. The predicted octanol–water partition coefficient (Wildman–Crippen LogP) is 2.02. The van der Waals surface area contributed by atoms with Crippen LogP contribution in [0.15, 0.2) is 18.2 Å². The van der Waals surface area contributed by atoms with Crippen molar-refractivity contribution in [1.82, 2.24) is 5.32 Å². The van der Waals surface area contributed by atoms with Gasteiger partial charge in [0, 0.05) is 19.2 Å². The van der Waals surface area contributed by atoms with Gasteiger partial charge < -0.3 is 15.3 Å². The van der Waals surface area contributed by atoms with Gasteiger partial charge in [0.05, 0.1) is 12.6 Å². The molecule has 0 saturated carbocycles. The summed E-state index contributed by atoms with van der Waals surface area (Å²) in [6.07, 6.45) is 3.07. The third-order valence-electron chi connectivity index (χ3n) is 3.83. The number of aliphatic hydroxyl groups excluding tert-OH is 1. The molecule has 1 heterocycles. The van der Waals surface area contributed by atoms with Gasteiger partial charge in [-0.2, -0.15) is 0 Å². The fraction of sp³-hybridized carbons (Fsp3) is 0.562. The minimum atomic E-state index is -0.0593. The van der Waals surface area contributed by atoms with Crippen LogP contribution in [0.3, 0.4) is 0 Å². The van der Waals surface area contributed by atoms with Gasteiger partial charge in [0.1, 0.15) is 0 Å². The number of aliphatic hydroxyl groups is 1. The molecule has 4 heteroatoms. The topological polar surface area (TPSA) is 52.6 Å². The minimum absolute atomic E-state index is 0.0593. The molecule has 4 nitrogen and oxygen atoms in total. The maximum Gasteiger partial charge on any atom is 0.223 e. The van der Waals surface area contributed by atoms with Crippen molar-refractivity contribution in [2.24, 2.45) is 0 Å². The van der Waals surface area contributed by atoms with Crippen LogP contribution in [0, 0.1) is 0 Å². The number of rotatable bonds is 5. The molecule has 2 N–H and O–H groups in total. The molecule has 1 aliphatic heterocycles. The van der Waals surface area contributed by atoms with Gasteiger partial charge in [0.25, 0.3) is 0 Å². The van der Waals surface area contributed by atoms with E-state index in [-0.39, 0.29) is 18.6 Å². The third-order valence-corrected chi connectivity index (χ3v) is 3.83. The van der Waals surface area contributed by atoms with Crippen LogP contribution in [-0.4, -0.2) is 30.7 Å². The monoisotopic (exact) mass is 276 g/mol. The molecule has 1 aromatic rings. The Morgan fingerprint density at radius 1 is 1.50 bits per heavy atom. The Morgan fingerprint density at radius 3 is 2.95 bits per heavy atom. The number of nitrogens with one attached hydrogen (secondary N) is 1. The van der Waals surface area contributed by atoms with Crippen LogP contribution >= 0.6 is 0 Å². The standard InChI is InChI=1S/C16H24N2O2/c1-3-8-17-15(11-19)14-7-6-13-5-4-9-18(12(2)20)16(13)10-14/h6-7,10,15,17,19H,3-5,8-9,11H2,1-2H3. The van der Waals surface area contributed by atoms with E-state index in [4.69, 9.17) is 0 Å². The molecule has 0 fully saturated rings. The molecule has 0 radical (unpaired) electrons. The lowest BCUT2D eigenvalue weighted by atomic mass is 9.97. The first-order valence-corrected chi connectivity index (χ1v) is 7.42. The average Bonchev–Trinajstić information content (AvgIpc) is 2.47. The van der Waals surface area contributed by atoms with E-state index in [1.54, 1.807) is 6.92 Å². The number of fused-ring (bicyclic) bond motifs is 1. The lowest BCUT2D eigenvalue weighted by Gasteiger charge is -2.30. The maximum absolute atomic E-state index is 11.7. The molecule has 1 atom stereocenters. The molecule has 2 rings (SSSR count). The number of amides is 1. The number of anilines is 1. The molecule has 1 aromatic carbocycles. The molecular formula is C16H24N2O2. The molecule has 20 heavy (non-hydrogen) atoms. The van der Waals surface area contributed by atoms with Crippen molar-refractivity contribution in [3.63, 3.8) is 0 Å². The lowest BCUT2D eigenvalue weighted by Crippen LogP contribution is -2.34. The molecule has 1 unspecified atom stereocenters. The highest BCUT2D eigenvalue weighted by atomic mass is 16.3. The van der Waals surface area contributed by atoms with Crippen LogP contribution in [0.4, 0.5) is 5.69 Å². The summed E-state index contributed by atoms with van der Waals surface area (Å²) in [4.78, 5) is 13.6. The second kappa shape index (κ2) is 6.86. The van der Waals surface area contributed by atoms with Crippen molar-refractivity contribution < 1.29 is 9.90 Å². The van der Waals surface area contributed by atoms with E-state index in [1.807, 2.05) is 4.90 Å². The second-order valence-corrected chi connectivity index (χ2v) is 5.35. The summed E-state index contributed by atoms with van der Waals surface area (Å²) in [5.74, 6) is 0.0881. The third kappa shape index (κ3) is 3.19. The van der Waals surface area contributed by atoms with E-state index < -0.39 is 0 Å². The number of nitrogens with zero attached hydrogens (tertiary/aromatic N) is 1. The summed E-state index contributed by atoms with van der Waals surface area (Å²) in [5, 5.41) is 12.9. The smallest absolute Gasteiger partial charge is 0.223 e. The summed E-state index contributed by atoms with van der Waals surface area (Å²) in [6, 6.07) is 6.15. The summed E-state index contributed by atoms with van der Waals surface area (Å²) >= 11 is 0. The zero-order valence-electron chi connectivity index (χ0n) is 12.4. The molecule has 0 spiro atoms. The normalized spacial score (nSPS) is 15.8. The van der Waals surface area contributed by atoms with Crippen molar-refractivity contribution >= 4 is 11.6 Å². The van der Waals surface area contributed by atoms with E-state index in [1.165, 1.54) is 5.56 Å². The number of hydrogen-bond donors (Lipinski definition) is 2. The summed E-state index contributed by atoms with van der Waals surface area (Å²) in [5.41, 5.74) is 3.29. The average molecular weight is 276 g/mol. The zero-order chi connectivity index (χ0) is 14.5. The van der Waals surface area contributed by atoms with Crippen LogP contribution in [0.25, 0.3) is 0 Å². The highest BCUT2D eigenvalue weighted by Gasteiger charge is 2.21. The van der Waals surface area contributed by atoms with E-state index in [0.29, 0.717) is 0 Å². The Bertz CT molecular complexity index is 474. The molecule has 0 aromatic heterocycles. The van der Waals surface area contributed by atoms with Crippen molar-refractivity contribution in [2.45, 2.75) is 39.2 Å². The van der Waals surface area contributed by atoms with Crippen molar-refractivity contribution in [3.05, 3.63) is 29.3 Å². The molecule has 0 aliphatic carbocycles. The predicted molar refractivity (Wildman–Crippen MR) is 80.9 cm³/mol. The van der Waals surface area contributed by atoms with Gasteiger partial charge in [-0.15, -0.1) is 0 Å². The highest BCUT2D eigenvalue weighted by molar-refractivity contribution is 5.92. The van der Waals surface area contributed by atoms with Gasteiger partial charge in [-0.1, -0.05) is 19.1 Å². The minimum Gasteiger partial charge on any atom is -0.394 e. The van der Waals surface area contributed by atoms with Crippen LogP contribution in [0.2, 0.25) is 0 Å². The van der Waals surface area contributed by atoms with Crippen molar-refractivity contribution in [3.8, 4) is 0 Å². The quantitative estimate of drug-likeness (QED) is 0.865. The lowest BCUT2D eigenvalue weighted by molar-refractivity contribution is -0.116. The number of aryl methyl sites for hydroxylation is 1. The largest absolute Gasteiger partial charge is 0.394 e. The van der Waals surface area contributed by atoms with Gasteiger partial charge in [-0.25, -0.2) is 0 Å².